The number of methoxy groups -OCH3 is 1. The molecule has 1 aromatic heterocycles. The molecule has 0 spiro atoms. The molecule has 25 heavy (non-hydrogen) atoms. The normalized spacial score (nSPS) is 28.5. The molecule has 1 aromatic rings. The van der Waals surface area contributed by atoms with Crippen molar-refractivity contribution >= 4 is 10.0 Å². The molecule has 3 heterocycles. The molecular formula is C16H24N2O6S. The first-order valence-electron chi connectivity index (χ1n) is 8.27. The highest BCUT2D eigenvalue weighted by Crippen LogP contribution is 2.36. The van der Waals surface area contributed by atoms with E-state index in [2.05, 4.69) is 4.90 Å². The Bertz CT molecular complexity index is 792. The number of piperidine rings is 2. The van der Waals surface area contributed by atoms with Gasteiger partial charge in [0.2, 0.25) is 21.2 Å². The number of ether oxygens (including phenoxy) is 1. The number of hydrogen-bond acceptors (Lipinski definition) is 7. The van der Waals surface area contributed by atoms with Gasteiger partial charge in [-0.1, -0.05) is 0 Å². The molecule has 0 unspecified atom stereocenters. The maximum Gasteiger partial charge on any atom is 0.227 e. The van der Waals surface area contributed by atoms with E-state index in [1.165, 1.54) is 30.0 Å². The fourth-order valence-corrected chi connectivity index (χ4v) is 4.55. The van der Waals surface area contributed by atoms with Crippen molar-refractivity contribution in [2.24, 2.45) is 5.92 Å². The summed E-state index contributed by atoms with van der Waals surface area (Å²) in [5, 5.41) is 10.8. The van der Waals surface area contributed by atoms with Crippen molar-refractivity contribution in [3.8, 4) is 5.75 Å². The van der Waals surface area contributed by atoms with E-state index in [1.54, 1.807) is 0 Å². The lowest BCUT2D eigenvalue weighted by atomic mass is 9.76. The summed E-state index contributed by atoms with van der Waals surface area (Å²) in [6.07, 6.45) is 3.53. The van der Waals surface area contributed by atoms with Crippen molar-refractivity contribution in [1.29, 1.82) is 0 Å². The predicted molar refractivity (Wildman–Crippen MR) is 90.9 cm³/mol. The molecule has 140 valence electrons. The van der Waals surface area contributed by atoms with E-state index in [1.807, 2.05) is 0 Å². The fraction of sp³-hybridized carbons (Fsp3) is 0.688. The van der Waals surface area contributed by atoms with Crippen LogP contribution in [0, 0.1) is 5.92 Å². The summed E-state index contributed by atoms with van der Waals surface area (Å²) in [4.78, 5) is 13.9. The number of likely N-dealkylation sites (tertiary alicyclic amines) is 1. The smallest absolute Gasteiger partial charge is 0.227 e. The second-order valence-electron chi connectivity index (χ2n) is 6.94. The zero-order valence-electron chi connectivity index (χ0n) is 14.5. The first-order chi connectivity index (χ1) is 11.7. The molecule has 2 aliphatic heterocycles. The van der Waals surface area contributed by atoms with Crippen molar-refractivity contribution in [3.05, 3.63) is 28.3 Å². The summed E-state index contributed by atoms with van der Waals surface area (Å²) in [6.45, 7) is 2.34. The molecule has 3 rings (SSSR count). The minimum absolute atomic E-state index is 0.158. The summed E-state index contributed by atoms with van der Waals surface area (Å²) >= 11 is 0. The molecule has 0 aromatic carbocycles. The van der Waals surface area contributed by atoms with Crippen LogP contribution in [-0.2, 0) is 16.6 Å². The van der Waals surface area contributed by atoms with E-state index < -0.39 is 15.6 Å². The minimum Gasteiger partial charge on any atom is -0.490 e. The SMILES string of the molecule is COc1coc(CN2CC[C@@]3(O)CCN(S(C)(=O)=O)C[C@H]3C2)cc1=O. The summed E-state index contributed by atoms with van der Waals surface area (Å²) in [5.41, 5.74) is -1.06. The van der Waals surface area contributed by atoms with Crippen molar-refractivity contribution < 1.29 is 22.7 Å². The Morgan fingerprint density at radius 1 is 1.36 bits per heavy atom. The number of hydrogen-bond donors (Lipinski definition) is 1. The first kappa shape index (κ1) is 18.4. The van der Waals surface area contributed by atoms with Crippen LogP contribution in [0.2, 0.25) is 0 Å². The van der Waals surface area contributed by atoms with Crippen LogP contribution in [0.15, 0.2) is 21.5 Å². The lowest BCUT2D eigenvalue weighted by Gasteiger charge is -2.49. The fourth-order valence-electron chi connectivity index (χ4n) is 3.68. The van der Waals surface area contributed by atoms with Gasteiger partial charge < -0.3 is 14.3 Å². The number of aliphatic hydroxyl groups is 1. The second-order valence-corrected chi connectivity index (χ2v) is 8.92. The molecule has 9 heteroatoms. The van der Waals surface area contributed by atoms with Crippen molar-refractivity contribution in [3.63, 3.8) is 0 Å². The lowest BCUT2D eigenvalue weighted by Crippen LogP contribution is -2.60. The average Bonchev–Trinajstić information content (AvgIpc) is 2.54. The van der Waals surface area contributed by atoms with E-state index in [9.17, 15) is 18.3 Å². The quantitative estimate of drug-likeness (QED) is 0.785. The molecule has 0 saturated carbocycles. The van der Waals surface area contributed by atoms with Crippen molar-refractivity contribution in [2.75, 3.05) is 39.5 Å². The van der Waals surface area contributed by atoms with Gasteiger partial charge >= 0.3 is 0 Å². The number of fused-ring (bicyclic) bond motifs is 1. The summed E-state index contributed by atoms with van der Waals surface area (Å²) in [7, 11) is -1.85. The van der Waals surface area contributed by atoms with E-state index in [0.717, 1.165) is 0 Å². The zero-order chi connectivity index (χ0) is 18.2. The number of sulfonamides is 1. The minimum atomic E-state index is -3.26. The average molecular weight is 372 g/mol. The van der Waals surface area contributed by atoms with E-state index in [0.29, 0.717) is 51.3 Å². The van der Waals surface area contributed by atoms with Crippen molar-refractivity contribution in [1.82, 2.24) is 9.21 Å². The van der Waals surface area contributed by atoms with Crippen LogP contribution < -0.4 is 10.2 Å². The molecule has 2 fully saturated rings. The van der Waals surface area contributed by atoms with Crippen LogP contribution in [0.25, 0.3) is 0 Å². The Balaban J connectivity index is 1.70. The molecular weight excluding hydrogens is 348 g/mol. The van der Waals surface area contributed by atoms with Gasteiger partial charge in [0.25, 0.3) is 0 Å². The Labute approximate surface area is 147 Å². The zero-order valence-corrected chi connectivity index (χ0v) is 15.3. The van der Waals surface area contributed by atoms with Gasteiger partial charge in [-0.25, -0.2) is 12.7 Å². The second kappa shape index (κ2) is 6.71. The molecule has 2 aliphatic rings. The Morgan fingerprint density at radius 2 is 2.08 bits per heavy atom. The van der Waals surface area contributed by atoms with Crippen LogP contribution in [0.1, 0.15) is 18.6 Å². The third-order valence-electron chi connectivity index (χ3n) is 5.24. The Hall–Kier alpha value is -1.42. The van der Waals surface area contributed by atoms with Crippen LogP contribution in [0.4, 0.5) is 0 Å². The third-order valence-corrected chi connectivity index (χ3v) is 6.51. The number of rotatable bonds is 4. The van der Waals surface area contributed by atoms with E-state index >= 15 is 0 Å². The highest BCUT2D eigenvalue weighted by atomic mass is 32.2. The topological polar surface area (TPSA) is 100 Å². The van der Waals surface area contributed by atoms with Gasteiger partial charge in [0, 0.05) is 38.2 Å². The maximum atomic E-state index is 11.8. The summed E-state index contributed by atoms with van der Waals surface area (Å²) in [5.74, 6) is 0.523. The molecule has 2 saturated heterocycles. The Kier molecular flexibility index (Phi) is 4.93. The maximum absolute atomic E-state index is 11.8. The molecule has 8 nitrogen and oxygen atoms in total. The van der Waals surface area contributed by atoms with Gasteiger partial charge in [-0.05, 0) is 12.8 Å². The van der Waals surface area contributed by atoms with Gasteiger partial charge in [0.1, 0.15) is 12.0 Å². The lowest BCUT2D eigenvalue weighted by molar-refractivity contribution is -0.103. The molecule has 0 radical (unpaired) electrons. The van der Waals surface area contributed by atoms with Gasteiger partial charge in [-0.15, -0.1) is 0 Å². The largest absolute Gasteiger partial charge is 0.490 e. The predicted octanol–water partition coefficient (Wildman–Crippen LogP) is -0.133. The molecule has 0 aliphatic carbocycles. The van der Waals surface area contributed by atoms with Gasteiger partial charge in [-0.2, -0.15) is 0 Å². The van der Waals surface area contributed by atoms with Crippen LogP contribution in [0.5, 0.6) is 5.75 Å². The highest BCUT2D eigenvalue weighted by molar-refractivity contribution is 7.88. The van der Waals surface area contributed by atoms with Crippen LogP contribution in [0.3, 0.4) is 0 Å². The van der Waals surface area contributed by atoms with E-state index in [-0.39, 0.29) is 17.1 Å². The van der Waals surface area contributed by atoms with Crippen molar-refractivity contribution in [2.45, 2.75) is 25.0 Å². The van der Waals surface area contributed by atoms with Gasteiger partial charge in [-0.3, -0.25) is 9.69 Å². The summed E-state index contributed by atoms with van der Waals surface area (Å²) < 4.78 is 35.4. The molecule has 0 bridgehead atoms. The molecule has 1 N–H and O–H groups in total. The van der Waals surface area contributed by atoms with Crippen LogP contribution in [-0.4, -0.2) is 67.9 Å². The first-order valence-corrected chi connectivity index (χ1v) is 10.1. The summed E-state index contributed by atoms with van der Waals surface area (Å²) in [6, 6.07) is 1.41. The third kappa shape index (κ3) is 3.89. The molecule has 0 amide bonds. The van der Waals surface area contributed by atoms with Gasteiger partial charge in [0.05, 0.1) is 25.5 Å². The standard InChI is InChI=1S/C16H24N2O6S/c1-23-15-11-24-13(7-14(15)19)10-17-5-3-16(20)4-6-18(25(2,21)22)9-12(16)8-17/h7,11-12,20H,3-6,8-10H2,1-2H3/t12-,16-/m1/s1. The highest BCUT2D eigenvalue weighted by Gasteiger charge is 2.46. The Morgan fingerprint density at radius 3 is 2.72 bits per heavy atom. The van der Waals surface area contributed by atoms with E-state index in [4.69, 9.17) is 9.15 Å². The molecule has 2 atom stereocenters. The van der Waals surface area contributed by atoms with Crippen LogP contribution >= 0.6 is 0 Å². The monoisotopic (exact) mass is 372 g/mol. The van der Waals surface area contributed by atoms with Gasteiger partial charge in [0.15, 0.2) is 0 Å². The number of nitrogens with zero attached hydrogens (tertiary/aromatic N) is 2.